The normalized spacial score (nSPS) is 10.8. The summed E-state index contributed by atoms with van der Waals surface area (Å²) in [6, 6.07) is 7.38. The standard InChI is InChI=1S/C15H23NO3/c1-11(2)9-19-14-7-5-6-13(8-14)16-15(17)10-18-12(3)4/h5-8,11-12H,9-10H2,1-4H3,(H,16,17). The summed E-state index contributed by atoms with van der Waals surface area (Å²) in [6.07, 6.45) is 0.0476. The molecule has 0 radical (unpaired) electrons. The van der Waals surface area contributed by atoms with Gasteiger partial charge in [0.05, 0.1) is 12.7 Å². The number of rotatable bonds is 7. The number of amides is 1. The first-order chi connectivity index (χ1) is 8.97. The average molecular weight is 265 g/mol. The summed E-state index contributed by atoms with van der Waals surface area (Å²) in [4.78, 5) is 11.6. The molecule has 0 spiro atoms. The molecule has 0 saturated carbocycles. The second-order valence-electron chi connectivity index (χ2n) is 5.14. The molecule has 1 aromatic rings. The van der Waals surface area contributed by atoms with Crippen LogP contribution >= 0.6 is 0 Å². The molecule has 0 heterocycles. The molecule has 0 aliphatic carbocycles. The van der Waals surface area contributed by atoms with Gasteiger partial charge in [0.2, 0.25) is 5.91 Å². The highest BCUT2D eigenvalue weighted by Gasteiger charge is 2.05. The Labute approximate surface area is 115 Å². The maximum absolute atomic E-state index is 11.6. The first kappa shape index (κ1) is 15.5. The van der Waals surface area contributed by atoms with Crippen LogP contribution < -0.4 is 10.1 Å². The fourth-order valence-corrected chi connectivity index (χ4v) is 1.37. The highest BCUT2D eigenvalue weighted by molar-refractivity contribution is 5.91. The topological polar surface area (TPSA) is 47.6 Å². The highest BCUT2D eigenvalue weighted by Crippen LogP contribution is 2.18. The average Bonchev–Trinajstić information content (AvgIpc) is 2.34. The van der Waals surface area contributed by atoms with Gasteiger partial charge in [0.15, 0.2) is 0 Å². The molecule has 1 rings (SSSR count). The molecule has 4 nitrogen and oxygen atoms in total. The van der Waals surface area contributed by atoms with E-state index in [2.05, 4.69) is 19.2 Å². The minimum atomic E-state index is -0.158. The smallest absolute Gasteiger partial charge is 0.250 e. The van der Waals surface area contributed by atoms with Crippen molar-refractivity contribution in [3.63, 3.8) is 0 Å². The van der Waals surface area contributed by atoms with E-state index in [-0.39, 0.29) is 18.6 Å². The molecular formula is C15H23NO3. The molecule has 0 aliphatic heterocycles. The molecule has 0 unspecified atom stereocenters. The molecule has 0 bridgehead atoms. The van der Waals surface area contributed by atoms with E-state index in [1.54, 1.807) is 0 Å². The van der Waals surface area contributed by atoms with E-state index in [0.29, 0.717) is 12.5 Å². The number of hydrogen-bond donors (Lipinski definition) is 1. The predicted molar refractivity (Wildman–Crippen MR) is 76.5 cm³/mol. The SMILES string of the molecule is CC(C)COc1cccc(NC(=O)COC(C)C)c1. The zero-order valence-electron chi connectivity index (χ0n) is 12.1. The summed E-state index contributed by atoms with van der Waals surface area (Å²) in [5.74, 6) is 1.07. The van der Waals surface area contributed by atoms with Gasteiger partial charge < -0.3 is 14.8 Å². The summed E-state index contributed by atoms with van der Waals surface area (Å²) in [7, 11) is 0. The van der Waals surface area contributed by atoms with Gasteiger partial charge in [0.25, 0.3) is 0 Å². The zero-order valence-corrected chi connectivity index (χ0v) is 12.1. The Bertz CT molecular complexity index is 402. The minimum absolute atomic E-state index is 0.0476. The fourth-order valence-electron chi connectivity index (χ4n) is 1.37. The van der Waals surface area contributed by atoms with Crippen molar-refractivity contribution in [3.05, 3.63) is 24.3 Å². The monoisotopic (exact) mass is 265 g/mol. The Kier molecular flexibility index (Phi) is 6.36. The molecule has 1 amide bonds. The summed E-state index contributed by atoms with van der Waals surface area (Å²) in [5.41, 5.74) is 0.721. The number of anilines is 1. The number of hydrogen-bond acceptors (Lipinski definition) is 3. The Hall–Kier alpha value is -1.55. The maximum Gasteiger partial charge on any atom is 0.250 e. The molecule has 0 aromatic heterocycles. The van der Waals surface area contributed by atoms with Gasteiger partial charge in [-0.05, 0) is 31.9 Å². The van der Waals surface area contributed by atoms with E-state index in [9.17, 15) is 4.79 Å². The molecule has 1 N–H and O–H groups in total. The van der Waals surface area contributed by atoms with Gasteiger partial charge >= 0.3 is 0 Å². The number of benzene rings is 1. The number of nitrogens with one attached hydrogen (secondary N) is 1. The maximum atomic E-state index is 11.6. The zero-order chi connectivity index (χ0) is 14.3. The highest BCUT2D eigenvalue weighted by atomic mass is 16.5. The molecule has 1 aromatic carbocycles. The van der Waals surface area contributed by atoms with Crippen LogP contribution in [-0.4, -0.2) is 25.2 Å². The van der Waals surface area contributed by atoms with Crippen molar-refractivity contribution >= 4 is 11.6 Å². The van der Waals surface area contributed by atoms with E-state index in [4.69, 9.17) is 9.47 Å². The largest absolute Gasteiger partial charge is 0.493 e. The van der Waals surface area contributed by atoms with Crippen LogP contribution in [0.25, 0.3) is 0 Å². The molecule has 106 valence electrons. The number of ether oxygens (including phenoxy) is 2. The molecule has 0 aliphatic rings. The van der Waals surface area contributed by atoms with Gasteiger partial charge in [-0.1, -0.05) is 19.9 Å². The first-order valence-corrected chi connectivity index (χ1v) is 6.61. The van der Waals surface area contributed by atoms with Gasteiger partial charge in [0.1, 0.15) is 12.4 Å². The Morgan fingerprint density at radius 2 is 2.00 bits per heavy atom. The fraction of sp³-hybridized carbons (Fsp3) is 0.533. The lowest BCUT2D eigenvalue weighted by Crippen LogP contribution is -2.20. The minimum Gasteiger partial charge on any atom is -0.493 e. The van der Waals surface area contributed by atoms with Crippen molar-refractivity contribution in [3.8, 4) is 5.75 Å². The van der Waals surface area contributed by atoms with Crippen LogP contribution in [0.15, 0.2) is 24.3 Å². The van der Waals surface area contributed by atoms with E-state index >= 15 is 0 Å². The van der Waals surface area contributed by atoms with Crippen LogP contribution in [0.2, 0.25) is 0 Å². The molecular weight excluding hydrogens is 242 g/mol. The lowest BCUT2D eigenvalue weighted by Gasteiger charge is -2.11. The quantitative estimate of drug-likeness (QED) is 0.824. The predicted octanol–water partition coefficient (Wildman–Crippen LogP) is 3.08. The van der Waals surface area contributed by atoms with Crippen molar-refractivity contribution in [2.24, 2.45) is 5.92 Å². The van der Waals surface area contributed by atoms with E-state index in [1.165, 1.54) is 0 Å². The molecule has 0 fully saturated rings. The van der Waals surface area contributed by atoms with E-state index in [1.807, 2.05) is 38.1 Å². The summed E-state index contributed by atoms with van der Waals surface area (Å²) >= 11 is 0. The Morgan fingerprint density at radius 3 is 2.63 bits per heavy atom. The Morgan fingerprint density at radius 1 is 1.26 bits per heavy atom. The third-order valence-corrected chi connectivity index (χ3v) is 2.25. The van der Waals surface area contributed by atoms with Crippen molar-refractivity contribution < 1.29 is 14.3 Å². The third-order valence-electron chi connectivity index (χ3n) is 2.25. The molecule has 4 heteroatoms. The lowest BCUT2D eigenvalue weighted by molar-refractivity contribution is -0.121. The second-order valence-corrected chi connectivity index (χ2v) is 5.14. The van der Waals surface area contributed by atoms with Gasteiger partial charge in [-0.25, -0.2) is 0 Å². The van der Waals surface area contributed by atoms with Gasteiger partial charge in [-0.3, -0.25) is 4.79 Å². The van der Waals surface area contributed by atoms with Crippen LogP contribution in [-0.2, 0) is 9.53 Å². The van der Waals surface area contributed by atoms with Crippen molar-refractivity contribution in [2.45, 2.75) is 33.8 Å². The van der Waals surface area contributed by atoms with Crippen LogP contribution in [0.5, 0.6) is 5.75 Å². The van der Waals surface area contributed by atoms with Crippen LogP contribution in [0.3, 0.4) is 0 Å². The van der Waals surface area contributed by atoms with Gasteiger partial charge in [-0.15, -0.1) is 0 Å². The number of carbonyl (C=O) groups excluding carboxylic acids is 1. The lowest BCUT2D eigenvalue weighted by atomic mass is 10.2. The summed E-state index contributed by atoms with van der Waals surface area (Å²) in [6.45, 7) is 8.70. The van der Waals surface area contributed by atoms with Crippen molar-refractivity contribution in [1.29, 1.82) is 0 Å². The van der Waals surface area contributed by atoms with E-state index < -0.39 is 0 Å². The van der Waals surface area contributed by atoms with E-state index in [0.717, 1.165) is 11.4 Å². The number of carbonyl (C=O) groups is 1. The third kappa shape index (κ3) is 6.82. The molecule has 19 heavy (non-hydrogen) atoms. The van der Waals surface area contributed by atoms with Crippen LogP contribution in [0.4, 0.5) is 5.69 Å². The van der Waals surface area contributed by atoms with Crippen LogP contribution in [0, 0.1) is 5.92 Å². The molecule has 0 atom stereocenters. The van der Waals surface area contributed by atoms with Gasteiger partial charge in [0, 0.05) is 11.8 Å². The first-order valence-electron chi connectivity index (χ1n) is 6.61. The molecule has 0 saturated heterocycles. The summed E-state index contributed by atoms with van der Waals surface area (Å²) < 4.78 is 10.8. The summed E-state index contributed by atoms with van der Waals surface area (Å²) in [5, 5.41) is 2.78. The van der Waals surface area contributed by atoms with Crippen molar-refractivity contribution in [1.82, 2.24) is 0 Å². The van der Waals surface area contributed by atoms with Gasteiger partial charge in [-0.2, -0.15) is 0 Å². The second kappa shape index (κ2) is 7.79. The van der Waals surface area contributed by atoms with Crippen molar-refractivity contribution in [2.75, 3.05) is 18.5 Å². The Balaban J connectivity index is 2.49. The van der Waals surface area contributed by atoms with Crippen LogP contribution in [0.1, 0.15) is 27.7 Å².